The number of likely N-dealkylation sites (N-methyl/N-ethyl adjacent to an activating group) is 1. The summed E-state index contributed by atoms with van der Waals surface area (Å²) in [6.07, 6.45) is -0.961. The first-order chi connectivity index (χ1) is 12.4. The van der Waals surface area contributed by atoms with Gasteiger partial charge in [0.05, 0.1) is 0 Å². The normalized spacial score (nSPS) is 17.7. The van der Waals surface area contributed by atoms with Gasteiger partial charge in [0.25, 0.3) is 0 Å². The minimum atomic E-state index is -4.48. The lowest BCUT2D eigenvalue weighted by molar-refractivity contribution is -0.137. The smallest absolute Gasteiger partial charge is 0.367 e. The minimum Gasteiger partial charge on any atom is -0.367 e. The third-order valence-corrected chi connectivity index (χ3v) is 4.68. The van der Waals surface area contributed by atoms with Gasteiger partial charge in [0.1, 0.15) is 11.4 Å². The van der Waals surface area contributed by atoms with Gasteiger partial charge in [-0.2, -0.15) is 18.2 Å². The van der Waals surface area contributed by atoms with E-state index in [1.54, 1.807) is 0 Å². The van der Waals surface area contributed by atoms with Crippen molar-refractivity contribution in [2.75, 3.05) is 24.2 Å². The number of nitrogens with one attached hydrogen (secondary N) is 2. The van der Waals surface area contributed by atoms with E-state index in [1.165, 1.54) is 11.1 Å². The van der Waals surface area contributed by atoms with Crippen molar-refractivity contribution >= 4 is 17.5 Å². The van der Waals surface area contributed by atoms with Gasteiger partial charge in [0.2, 0.25) is 5.95 Å². The van der Waals surface area contributed by atoms with Crippen molar-refractivity contribution in [1.29, 1.82) is 0 Å². The van der Waals surface area contributed by atoms with Crippen molar-refractivity contribution in [2.45, 2.75) is 38.0 Å². The number of rotatable bonds is 4. The van der Waals surface area contributed by atoms with Gasteiger partial charge < -0.3 is 15.5 Å². The van der Waals surface area contributed by atoms with Gasteiger partial charge in [-0.25, -0.2) is 4.98 Å². The molecule has 0 atom stereocenters. The van der Waals surface area contributed by atoms with Crippen molar-refractivity contribution in [3.05, 3.63) is 41.1 Å². The Balaban J connectivity index is 1.58. The number of halogens is 3. The van der Waals surface area contributed by atoms with Crippen molar-refractivity contribution in [1.82, 2.24) is 14.9 Å². The molecule has 2 aliphatic rings. The van der Waals surface area contributed by atoms with Crippen LogP contribution in [0.2, 0.25) is 0 Å². The van der Waals surface area contributed by atoms with E-state index in [9.17, 15) is 13.2 Å². The van der Waals surface area contributed by atoms with E-state index in [-0.39, 0.29) is 17.8 Å². The van der Waals surface area contributed by atoms with Crippen molar-refractivity contribution in [3.8, 4) is 0 Å². The highest BCUT2D eigenvalue weighted by molar-refractivity contribution is 5.59. The second-order valence-corrected chi connectivity index (χ2v) is 6.97. The van der Waals surface area contributed by atoms with Gasteiger partial charge in [-0.15, -0.1) is 0 Å². The van der Waals surface area contributed by atoms with Crippen LogP contribution in [-0.2, 0) is 19.1 Å². The molecular formula is C18H20F3N5. The van der Waals surface area contributed by atoms with E-state index in [4.69, 9.17) is 0 Å². The lowest BCUT2D eigenvalue weighted by atomic mass is 9.99. The van der Waals surface area contributed by atoms with Crippen molar-refractivity contribution in [2.24, 2.45) is 0 Å². The molecule has 0 bridgehead atoms. The number of benzene rings is 1. The Bertz CT molecular complexity index is 817. The topological polar surface area (TPSA) is 53.1 Å². The molecule has 0 radical (unpaired) electrons. The Kier molecular flexibility index (Phi) is 4.22. The summed E-state index contributed by atoms with van der Waals surface area (Å²) in [5, 5.41) is 5.89. The number of nitrogens with zero attached hydrogens (tertiary/aromatic N) is 3. The number of aromatic nitrogens is 2. The Hall–Kier alpha value is -2.35. The Labute approximate surface area is 149 Å². The van der Waals surface area contributed by atoms with Crippen molar-refractivity contribution in [3.63, 3.8) is 0 Å². The first kappa shape index (κ1) is 17.1. The second kappa shape index (κ2) is 6.42. The molecule has 8 heteroatoms. The van der Waals surface area contributed by atoms with E-state index in [1.807, 2.05) is 18.2 Å². The van der Waals surface area contributed by atoms with Crippen LogP contribution >= 0.6 is 0 Å². The summed E-state index contributed by atoms with van der Waals surface area (Å²) in [7, 11) is 2.08. The second-order valence-electron chi connectivity index (χ2n) is 6.97. The van der Waals surface area contributed by atoms with E-state index < -0.39 is 11.7 Å². The van der Waals surface area contributed by atoms with Crippen LogP contribution in [0.5, 0.6) is 0 Å². The molecule has 0 saturated heterocycles. The van der Waals surface area contributed by atoms with Crippen LogP contribution < -0.4 is 10.6 Å². The van der Waals surface area contributed by atoms with E-state index >= 15 is 0 Å². The monoisotopic (exact) mass is 363 g/mol. The highest BCUT2D eigenvalue weighted by atomic mass is 19.4. The Morgan fingerprint density at radius 2 is 2.00 bits per heavy atom. The number of hydrogen-bond donors (Lipinski definition) is 2. The molecule has 2 aromatic rings. The zero-order valence-corrected chi connectivity index (χ0v) is 14.4. The predicted octanol–water partition coefficient (Wildman–Crippen LogP) is 3.80. The predicted molar refractivity (Wildman–Crippen MR) is 93.4 cm³/mol. The van der Waals surface area contributed by atoms with Crippen LogP contribution in [0, 0.1) is 0 Å². The molecule has 0 unspecified atom stereocenters. The summed E-state index contributed by atoms with van der Waals surface area (Å²) < 4.78 is 39.5. The van der Waals surface area contributed by atoms with Crippen LogP contribution in [-0.4, -0.2) is 34.5 Å². The lowest BCUT2D eigenvalue weighted by Crippen LogP contribution is -2.26. The average molecular weight is 363 g/mol. The standard InChI is InChI=1S/C18H20F3N5/c1-26-7-6-11-8-14(3-2-12(11)10-26)24-17-22-9-15(18(19,20)21)16(25-17)23-13-4-5-13/h2-3,8-9,13H,4-7,10H2,1H3,(H2,22,23,24,25). The molecule has 1 aliphatic heterocycles. The van der Waals surface area contributed by atoms with Gasteiger partial charge in [-0.05, 0) is 49.6 Å². The zero-order valence-electron chi connectivity index (χ0n) is 14.4. The van der Waals surface area contributed by atoms with Crippen LogP contribution in [0.1, 0.15) is 29.5 Å². The maximum Gasteiger partial charge on any atom is 0.421 e. The summed E-state index contributed by atoms with van der Waals surface area (Å²) in [5.74, 6) is 0.00566. The summed E-state index contributed by atoms with van der Waals surface area (Å²) in [4.78, 5) is 10.2. The summed E-state index contributed by atoms with van der Waals surface area (Å²) in [6, 6.07) is 6.05. The van der Waals surface area contributed by atoms with Crippen LogP contribution in [0.25, 0.3) is 0 Å². The minimum absolute atomic E-state index is 0.0691. The number of alkyl halides is 3. The lowest BCUT2D eigenvalue weighted by Gasteiger charge is -2.25. The van der Waals surface area contributed by atoms with Gasteiger partial charge >= 0.3 is 6.18 Å². The fourth-order valence-corrected chi connectivity index (χ4v) is 3.08. The molecule has 4 rings (SSSR count). The van der Waals surface area contributed by atoms with Gasteiger partial charge in [-0.1, -0.05) is 6.07 Å². The fraction of sp³-hybridized carbons (Fsp3) is 0.444. The molecular weight excluding hydrogens is 343 g/mol. The quantitative estimate of drug-likeness (QED) is 0.865. The number of fused-ring (bicyclic) bond motifs is 1. The molecule has 5 nitrogen and oxygen atoms in total. The third-order valence-electron chi connectivity index (χ3n) is 4.68. The Morgan fingerprint density at radius 3 is 2.73 bits per heavy atom. The first-order valence-electron chi connectivity index (χ1n) is 8.66. The molecule has 2 heterocycles. The van der Waals surface area contributed by atoms with E-state index in [0.717, 1.165) is 44.2 Å². The average Bonchev–Trinajstić information content (AvgIpc) is 3.38. The fourth-order valence-electron chi connectivity index (χ4n) is 3.08. The van der Waals surface area contributed by atoms with Crippen molar-refractivity contribution < 1.29 is 13.2 Å². The van der Waals surface area contributed by atoms with Gasteiger partial charge in [-0.3, -0.25) is 0 Å². The highest BCUT2D eigenvalue weighted by Gasteiger charge is 2.36. The largest absolute Gasteiger partial charge is 0.421 e. The highest BCUT2D eigenvalue weighted by Crippen LogP contribution is 2.36. The molecule has 138 valence electrons. The molecule has 1 saturated carbocycles. The summed E-state index contributed by atoms with van der Waals surface area (Å²) >= 11 is 0. The molecule has 1 aromatic heterocycles. The summed E-state index contributed by atoms with van der Waals surface area (Å²) in [5.41, 5.74) is 2.47. The molecule has 0 amide bonds. The molecule has 0 spiro atoms. The van der Waals surface area contributed by atoms with Crippen LogP contribution in [0.4, 0.5) is 30.6 Å². The number of anilines is 3. The molecule has 1 aliphatic carbocycles. The van der Waals surface area contributed by atoms with Gasteiger partial charge in [0.15, 0.2) is 0 Å². The molecule has 26 heavy (non-hydrogen) atoms. The third kappa shape index (κ3) is 3.75. The van der Waals surface area contributed by atoms with Gasteiger partial charge in [0, 0.05) is 31.0 Å². The Morgan fingerprint density at radius 1 is 1.19 bits per heavy atom. The van der Waals surface area contributed by atoms with Crippen LogP contribution in [0.3, 0.4) is 0 Å². The molecule has 2 N–H and O–H groups in total. The summed E-state index contributed by atoms with van der Waals surface area (Å²) in [6.45, 7) is 1.89. The maximum atomic E-state index is 13.2. The van der Waals surface area contributed by atoms with E-state index in [2.05, 4.69) is 32.5 Å². The maximum absolute atomic E-state index is 13.2. The zero-order chi connectivity index (χ0) is 18.3. The number of hydrogen-bond acceptors (Lipinski definition) is 5. The molecule has 1 fully saturated rings. The molecule has 1 aromatic carbocycles. The SMILES string of the molecule is CN1CCc2cc(Nc3ncc(C(F)(F)F)c(NC4CC4)n3)ccc2C1. The van der Waals surface area contributed by atoms with E-state index in [0.29, 0.717) is 0 Å². The first-order valence-corrected chi connectivity index (χ1v) is 8.66. The van der Waals surface area contributed by atoms with Crippen LogP contribution in [0.15, 0.2) is 24.4 Å².